The van der Waals surface area contributed by atoms with Crippen LogP contribution >= 0.6 is 11.3 Å². The van der Waals surface area contributed by atoms with Gasteiger partial charge in [0.25, 0.3) is 0 Å². The van der Waals surface area contributed by atoms with Gasteiger partial charge in [0.15, 0.2) is 0 Å². The lowest BCUT2D eigenvalue weighted by Crippen LogP contribution is -2.40. The van der Waals surface area contributed by atoms with Gasteiger partial charge in [-0.2, -0.15) is 0 Å². The van der Waals surface area contributed by atoms with E-state index in [1.54, 1.807) is 0 Å². The van der Waals surface area contributed by atoms with Crippen molar-refractivity contribution in [1.29, 1.82) is 0 Å². The Morgan fingerprint density at radius 3 is 3.12 bits per heavy atom. The zero-order valence-electron chi connectivity index (χ0n) is 10.7. The zero-order valence-corrected chi connectivity index (χ0v) is 11.5. The molecule has 0 radical (unpaired) electrons. The van der Waals surface area contributed by atoms with Gasteiger partial charge in [-0.1, -0.05) is 13.0 Å². The van der Waals surface area contributed by atoms with E-state index in [0.717, 1.165) is 32.8 Å². The molecule has 0 amide bonds. The molecule has 4 heteroatoms. The quantitative estimate of drug-likeness (QED) is 0.838. The number of likely N-dealkylation sites (N-methyl/N-ethyl adjacent to an activating group) is 1. The molecule has 1 saturated heterocycles. The van der Waals surface area contributed by atoms with Crippen molar-refractivity contribution in [2.45, 2.75) is 19.5 Å². The first-order valence-corrected chi connectivity index (χ1v) is 7.19. The summed E-state index contributed by atoms with van der Waals surface area (Å²) in [7, 11) is 2.20. The molecule has 2 heterocycles. The van der Waals surface area contributed by atoms with Gasteiger partial charge in [0, 0.05) is 29.9 Å². The number of hydrogen-bond donors (Lipinski definition) is 1. The topological polar surface area (TPSA) is 24.5 Å². The Hall–Kier alpha value is -0.420. The minimum atomic E-state index is 0.533. The molecule has 1 fully saturated rings. The molecule has 0 bridgehead atoms. The largest absolute Gasteiger partial charge is 0.379 e. The summed E-state index contributed by atoms with van der Waals surface area (Å²) in [6.07, 6.45) is 0. The van der Waals surface area contributed by atoms with Gasteiger partial charge in [0.05, 0.1) is 13.2 Å². The zero-order chi connectivity index (χ0) is 12.1. The predicted molar refractivity (Wildman–Crippen MR) is 72.4 cm³/mol. The van der Waals surface area contributed by atoms with Crippen molar-refractivity contribution in [3.63, 3.8) is 0 Å². The Bertz CT molecular complexity index is 315. The van der Waals surface area contributed by atoms with Gasteiger partial charge < -0.3 is 15.0 Å². The third-order valence-corrected chi connectivity index (χ3v) is 4.08. The van der Waals surface area contributed by atoms with E-state index in [0.29, 0.717) is 12.0 Å². The molecule has 96 valence electrons. The van der Waals surface area contributed by atoms with Crippen LogP contribution in [0.4, 0.5) is 0 Å². The van der Waals surface area contributed by atoms with Gasteiger partial charge in [-0.15, -0.1) is 11.3 Å². The second-order valence-corrected chi connectivity index (χ2v) is 5.77. The van der Waals surface area contributed by atoms with E-state index in [1.807, 2.05) is 11.3 Å². The summed E-state index contributed by atoms with van der Waals surface area (Å²) in [6, 6.07) is 4.85. The highest BCUT2D eigenvalue weighted by atomic mass is 32.1. The van der Waals surface area contributed by atoms with Gasteiger partial charge in [-0.3, -0.25) is 0 Å². The third kappa shape index (κ3) is 3.78. The van der Waals surface area contributed by atoms with Crippen molar-refractivity contribution in [3.05, 3.63) is 22.4 Å². The van der Waals surface area contributed by atoms with Gasteiger partial charge in [0.2, 0.25) is 0 Å². The standard InChI is InChI=1S/C13H22N2OS/c1-3-14-13-10-16-9-11(13)7-15(2)8-12-5-4-6-17-12/h4-6,11,13-14H,3,7-10H2,1-2H3. The van der Waals surface area contributed by atoms with Crippen molar-refractivity contribution < 1.29 is 4.74 Å². The molecule has 1 aliphatic heterocycles. The molecule has 0 spiro atoms. The Labute approximate surface area is 108 Å². The fourth-order valence-electron chi connectivity index (χ4n) is 2.40. The van der Waals surface area contributed by atoms with Crippen LogP contribution in [-0.4, -0.2) is 44.3 Å². The van der Waals surface area contributed by atoms with E-state index in [-0.39, 0.29) is 0 Å². The third-order valence-electron chi connectivity index (χ3n) is 3.22. The molecule has 2 unspecified atom stereocenters. The second-order valence-electron chi connectivity index (χ2n) is 4.74. The van der Waals surface area contributed by atoms with Crippen molar-refractivity contribution in [2.24, 2.45) is 5.92 Å². The monoisotopic (exact) mass is 254 g/mol. The average Bonchev–Trinajstić information content (AvgIpc) is 2.92. The summed E-state index contributed by atoms with van der Waals surface area (Å²) in [5, 5.41) is 5.65. The van der Waals surface area contributed by atoms with Crippen molar-refractivity contribution >= 4 is 11.3 Å². The Morgan fingerprint density at radius 1 is 1.53 bits per heavy atom. The van der Waals surface area contributed by atoms with E-state index in [2.05, 4.69) is 41.7 Å². The number of hydrogen-bond acceptors (Lipinski definition) is 4. The van der Waals surface area contributed by atoms with E-state index in [9.17, 15) is 0 Å². The van der Waals surface area contributed by atoms with Gasteiger partial charge in [-0.25, -0.2) is 0 Å². The summed E-state index contributed by atoms with van der Waals surface area (Å²) in [6.45, 7) is 7.10. The molecule has 2 atom stereocenters. The molecule has 1 N–H and O–H groups in total. The number of nitrogens with zero attached hydrogens (tertiary/aromatic N) is 1. The second kappa shape index (κ2) is 6.50. The highest BCUT2D eigenvalue weighted by molar-refractivity contribution is 7.09. The number of ether oxygens (including phenoxy) is 1. The van der Waals surface area contributed by atoms with Crippen LogP contribution in [0.25, 0.3) is 0 Å². The summed E-state index contributed by atoms with van der Waals surface area (Å²) in [5.74, 6) is 0.625. The smallest absolute Gasteiger partial charge is 0.0623 e. The van der Waals surface area contributed by atoms with Crippen LogP contribution in [0.1, 0.15) is 11.8 Å². The van der Waals surface area contributed by atoms with Crippen molar-refractivity contribution in [3.8, 4) is 0 Å². The first kappa shape index (κ1) is 13.0. The maximum Gasteiger partial charge on any atom is 0.0623 e. The van der Waals surface area contributed by atoms with Crippen LogP contribution in [0.5, 0.6) is 0 Å². The van der Waals surface area contributed by atoms with Crippen LogP contribution in [0.15, 0.2) is 17.5 Å². The molecule has 2 rings (SSSR count). The first-order valence-electron chi connectivity index (χ1n) is 6.31. The first-order chi connectivity index (χ1) is 8.29. The molecule has 0 aromatic carbocycles. The highest BCUT2D eigenvalue weighted by Gasteiger charge is 2.28. The van der Waals surface area contributed by atoms with Crippen molar-refractivity contribution in [1.82, 2.24) is 10.2 Å². The molecule has 0 saturated carbocycles. The van der Waals surface area contributed by atoms with Gasteiger partial charge in [0.1, 0.15) is 0 Å². The van der Waals surface area contributed by atoms with Gasteiger partial charge in [-0.05, 0) is 25.0 Å². The minimum Gasteiger partial charge on any atom is -0.379 e. The number of thiophene rings is 1. The predicted octanol–water partition coefficient (Wildman–Crippen LogP) is 1.80. The molecular weight excluding hydrogens is 232 g/mol. The summed E-state index contributed by atoms with van der Waals surface area (Å²) in [5.41, 5.74) is 0. The lowest BCUT2D eigenvalue weighted by molar-refractivity contribution is 0.172. The SMILES string of the molecule is CCNC1COCC1CN(C)Cc1cccs1. The molecule has 1 aliphatic rings. The molecule has 1 aromatic rings. The van der Waals surface area contributed by atoms with Crippen molar-refractivity contribution in [2.75, 3.05) is 33.4 Å². The highest BCUT2D eigenvalue weighted by Crippen LogP contribution is 2.17. The molecule has 1 aromatic heterocycles. The average molecular weight is 254 g/mol. The maximum atomic E-state index is 5.57. The summed E-state index contributed by atoms with van der Waals surface area (Å²) >= 11 is 1.83. The lowest BCUT2D eigenvalue weighted by atomic mass is 10.0. The molecular formula is C13H22N2OS. The van der Waals surface area contributed by atoms with E-state index in [4.69, 9.17) is 4.74 Å². The van der Waals surface area contributed by atoms with Crippen LogP contribution in [0.3, 0.4) is 0 Å². The normalized spacial score (nSPS) is 24.6. The van der Waals surface area contributed by atoms with Crippen LogP contribution in [-0.2, 0) is 11.3 Å². The van der Waals surface area contributed by atoms with E-state index >= 15 is 0 Å². The summed E-state index contributed by atoms with van der Waals surface area (Å²) in [4.78, 5) is 3.83. The maximum absolute atomic E-state index is 5.57. The van der Waals surface area contributed by atoms with Gasteiger partial charge >= 0.3 is 0 Å². The summed E-state index contributed by atoms with van der Waals surface area (Å²) < 4.78 is 5.57. The molecule has 0 aliphatic carbocycles. The Kier molecular flexibility index (Phi) is 4.98. The fraction of sp³-hybridized carbons (Fsp3) is 0.692. The van der Waals surface area contributed by atoms with E-state index in [1.165, 1.54) is 4.88 Å². The molecule has 3 nitrogen and oxygen atoms in total. The lowest BCUT2D eigenvalue weighted by Gasteiger charge is -2.24. The number of nitrogens with one attached hydrogen (secondary N) is 1. The van der Waals surface area contributed by atoms with Crippen LogP contribution < -0.4 is 5.32 Å². The van der Waals surface area contributed by atoms with Crippen LogP contribution in [0, 0.1) is 5.92 Å². The van der Waals surface area contributed by atoms with Crippen LogP contribution in [0.2, 0.25) is 0 Å². The van der Waals surface area contributed by atoms with E-state index < -0.39 is 0 Å². The Morgan fingerprint density at radius 2 is 2.41 bits per heavy atom. The minimum absolute atomic E-state index is 0.533. The molecule has 17 heavy (non-hydrogen) atoms. The Balaban J connectivity index is 1.79. The number of rotatable bonds is 6. The fourth-order valence-corrected chi connectivity index (χ4v) is 3.18.